The van der Waals surface area contributed by atoms with E-state index in [9.17, 15) is 0 Å². The molecule has 0 fully saturated rings. The fraction of sp³-hybridized carbons (Fsp3) is 0. The number of halogens is 2. The summed E-state index contributed by atoms with van der Waals surface area (Å²) < 4.78 is 34.0. The molecule has 0 bridgehead atoms. The van der Waals surface area contributed by atoms with Gasteiger partial charge in [0.1, 0.15) is 0 Å². The normalized spacial score (nSPS) is 7.50. The Morgan fingerprint density at radius 3 is 0.875 bits per heavy atom. The summed E-state index contributed by atoms with van der Waals surface area (Å²) in [4.78, 5) is 0. The van der Waals surface area contributed by atoms with Gasteiger partial charge < -0.3 is 10.9 Å². The fourth-order valence-corrected chi connectivity index (χ4v) is 0. The van der Waals surface area contributed by atoms with Gasteiger partial charge in [-0.3, -0.25) is 0 Å². The first kappa shape index (κ1) is 23.5. The average Bonchev–Trinajstić information content (AvgIpc) is 0.722. The van der Waals surface area contributed by atoms with E-state index in [0.717, 1.165) is 0 Å². The summed E-state index contributed by atoms with van der Waals surface area (Å²) in [6.45, 7) is 0. The standard InChI is InChI=1S/ClHO4.FH.Li.H3N/c2-1(3,4)5;;;/h(H,2,3,4,5);1H;;1H3/q;;+1;/p-1. The van der Waals surface area contributed by atoms with E-state index in [1.54, 1.807) is 0 Å². The first-order chi connectivity index (χ1) is 2.00. The van der Waals surface area contributed by atoms with Crippen molar-refractivity contribution in [1.29, 1.82) is 0 Å². The smallest absolute Gasteiger partial charge is 1.00 e. The molecule has 5 nitrogen and oxygen atoms in total. The minimum Gasteiger partial charge on any atom is -1.00 e. The molecule has 48 valence electrons. The van der Waals surface area contributed by atoms with Gasteiger partial charge in [0.15, 0.2) is 0 Å². The Morgan fingerprint density at radius 2 is 0.875 bits per heavy atom. The number of hydrogen-bond acceptors (Lipinski definition) is 4. The van der Waals surface area contributed by atoms with Crippen molar-refractivity contribution in [2.24, 2.45) is 0 Å². The molecule has 0 amide bonds. The maximum Gasteiger partial charge on any atom is 1.00 e. The first-order valence-corrected chi connectivity index (χ1v) is 1.85. The van der Waals surface area contributed by atoms with Gasteiger partial charge in [-0.1, -0.05) is 0 Å². The SMILES string of the molecule is [F-].[Li+].[NH4+].[O-][Cl+3]([O-])([O-])[O-]. The van der Waals surface area contributed by atoms with Crippen LogP contribution in [-0.4, -0.2) is 0 Å². The quantitative estimate of drug-likeness (QED) is 0.338. The topological polar surface area (TPSA) is 129 Å². The predicted octanol–water partition coefficient (Wildman–Crippen LogP) is -10.4. The zero-order chi connectivity index (χ0) is 4.50. The predicted molar refractivity (Wildman–Crippen MR) is 5.98 cm³/mol. The van der Waals surface area contributed by atoms with Gasteiger partial charge in [0.05, 0.1) is 0 Å². The van der Waals surface area contributed by atoms with Gasteiger partial charge in [0.2, 0.25) is 0 Å². The molecule has 0 aliphatic carbocycles. The summed E-state index contributed by atoms with van der Waals surface area (Å²) in [5, 5.41) is 0. The fourth-order valence-electron chi connectivity index (χ4n) is 0. The summed E-state index contributed by atoms with van der Waals surface area (Å²) in [6.07, 6.45) is 0. The van der Waals surface area contributed by atoms with Crippen molar-refractivity contribution in [1.82, 2.24) is 6.15 Å². The third-order valence-electron chi connectivity index (χ3n) is 0. The van der Waals surface area contributed by atoms with Crippen molar-refractivity contribution in [3.05, 3.63) is 0 Å². The number of hydrogen-bond donors (Lipinski definition) is 1. The van der Waals surface area contributed by atoms with Crippen LogP contribution in [-0.2, 0) is 0 Å². The Morgan fingerprint density at radius 1 is 0.875 bits per heavy atom. The molecule has 0 saturated heterocycles. The van der Waals surface area contributed by atoms with Crippen LogP contribution in [0, 0.1) is 10.2 Å². The van der Waals surface area contributed by atoms with E-state index in [-0.39, 0.29) is 29.7 Å². The molecule has 8 heavy (non-hydrogen) atoms. The molecule has 0 aromatic heterocycles. The minimum atomic E-state index is -4.94. The molecule has 0 aromatic carbocycles. The minimum absolute atomic E-state index is 0. The number of rotatable bonds is 0. The second-order valence-corrected chi connectivity index (χ2v) is 1.13. The molecule has 0 spiro atoms. The van der Waals surface area contributed by atoms with Gasteiger partial charge in [-0.15, -0.1) is 10.2 Å². The van der Waals surface area contributed by atoms with Crippen LogP contribution in [0.5, 0.6) is 0 Å². The molecule has 0 heterocycles. The van der Waals surface area contributed by atoms with Crippen LogP contribution in [0.25, 0.3) is 0 Å². The average molecular weight is 143 g/mol. The van der Waals surface area contributed by atoms with Crippen LogP contribution in [0.15, 0.2) is 0 Å². The summed E-state index contributed by atoms with van der Waals surface area (Å²) in [7, 11) is -4.94. The molecular weight excluding hydrogens is 139 g/mol. The largest absolute Gasteiger partial charge is 1.00 e. The zero-order valence-electron chi connectivity index (χ0n) is 4.39. The van der Waals surface area contributed by atoms with Crippen molar-refractivity contribution in [3.8, 4) is 0 Å². The second-order valence-electron chi connectivity index (χ2n) is 0.378. The maximum absolute atomic E-state index is 8.49. The molecule has 0 aliphatic rings. The van der Waals surface area contributed by atoms with Gasteiger partial charge in [-0.05, 0) is 0 Å². The Balaban J connectivity index is -0.0000000267. The van der Waals surface area contributed by atoms with Crippen LogP contribution < -0.4 is 48.4 Å². The Labute approximate surface area is 59.2 Å². The summed E-state index contributed by atoms with van der Waals surface area (Å²) in [6, 6.07) is 0. The van der Waals surface area contributed by atoms with Crippen LogP contribution in [0.1, 0.15) is 0 Å². The van der Waals surface area contributed by atoms with E-state index in [4.69, 9.17) is 18.6 Å². The van der Waals surface area contributed by atoms with E-state index in [0.29, 0.717) is 0 Å². The monoisotopic (exact) mass is 143 g/mol. The second kappa shape index (κ2) is 7.62. The molecular formula is H4ClFLiNO4. The van der Waals surface area contributed by atoms with E-state index >= 15 is 0 Å². The Bertz CT molecular complexity index is 31.5. The molecule has 0 atom stereocenters. The first-order valence-electron chi connectivity index (χ1n) is 0.617. The molecule has 4 N–H and O–H groups in total. The third-order valence-corrected chi connectivity index (χ3v) is 0. The van der Waals surface area contributed by atoms with Crippen LogP contribution in [0.4, 0.5) is 0 Å². The molecule has 8 heteroatoms. The number of quaternary nitrogens is 1. The van der Waals surface area contributed by atoms with Gasteiger partial charge >= 0.3 is 18.9 Å². The third kappa shape index (κ3) is 548. The molecule has 0 rings (SSSR count). The molecule has 0 aromatic rings. The van der Waals surface area contributed by atoms with E-state index in [1.165, 1.54) is 0 Å². The van der Waals surface area contributed by atoms with Crippen molar-refractivity contribution in [2.75, 3.05) is 0 Å². The van der Waals surface area contributed by atoms with Crippen molar-refractivity contribution in [3.63, 3.8) is 0 Å². The van der Waals surface area contributed by atoms with Gasteiger partial charge in [0.25, 0.3) is 0 Å². The van der Waals surface area contributed by atoms with Crippen molar-refractivity contribution < 1.29 is 52.4 Å². The summed E-state index contributed by atoms with van der Waals surface area (Å²) in [5.41, 5.74) is 0. The molecule has 0 radical (unpaired) electrons. The van der Waals surface area contributed by atoms with Gasteiger partial charge in [-0.2, -0.15) is 0 Å². The zero-order valence-corrected chi connectivity index (χ0v) is 5.14. The summed E-state index contributed by atoms with van der Waals surface area (Å²) >= 11 is 0. The van der Waals surface area contributed by atoms with Crippen molar-refractivity contribution in [2.45, 2.75) is 0 Å². The molecule has 0 saturated carbocycles. The van der Waals surface area contributed by atoms with Crippen molar-refractivity contribution >= 4 is 0 Å². The van der Waals surface area contributed by atoms with E-state index in [2.05, 4.69) is 0 Å². The Hall–Kier alpha value is 0.617. The van der Waals surface area contributed by atoms with Crippen LogP contribution in [0.2, 0.25) is 0 Å². The summed E-state index contributed by atoms with van der Waals surface area (Å²) in [5.74, 6) is 0. The van der Waals surface area contributed by atoms with E-state index < -0.39 is 10.2 Å². The molecule has 0 unspecified atom stereocenters. The van der Waals surface area contributed by atoms with Crippen LogP contribution >= 0.6 is 0 Å². The Kier molecular flexibility index (Phi) is 22.3. The molecule has 0 aliphatic heterocycles. The van der Waals surface area contributed by atoms with E-state index in [1.807, 2.05) is 0 Å². The van der Waals surface area contributed by atoms with Crippen LogP contribution in [0.3, 0.4) is 0 Å². The van der Waals surface area contributed by atoms with Gasteiger partial charge in [0, 0.05) is 0 Å². The van der Waals surface area contributed by atoms with Gasteiger partial charge in [-0.25, -0.2) is 18.6 Å². The maximum atomic E-state index is 8.49.